The second-order valence-electron chi connectivity index (χ2n) is 6.88. The first-order chi connectivity index (χ1) is 14.2. The number of benzene rings is 1. The van der Waals surface area contributed by atoms with Gasteiger partial charge in [-0.1, -0.05) is 23.7 Å². The second kappa shape index (κ2) is 7.33. The van der Waals surface area contributed by atoms with Crippen LogP contribution in [-0.4, -0.2) is 21.8 Å². The quantitative estimate of drug-likeness (QED) is 0.741. The lowest BCUT2D eigenvalue weighted by molar-refractivity contribution is -0.137. The summed E-state index contributed by atoms with van der Waals surface area (Å²) in [5, 5.41) is 1.12. The molecular weight excluding hydrogens is 419 g/mol. The maximum absolute atomic E-state index is 13.2. The van der Waals surface area contributed by atoms with Crippen molar-refractivity contribution < 1.29 is 18.0 Å². The van der Waals surface area contributed by atoms with Gasteiger partial charge in [0.2, 0.25) is 0 Å². The zero-order valence-electron chi connectivity index (χ0n) is 16.0. The molecule has 1 aromatic heterocycles. The van der Waals surface area contributed by atoms with Crippen molar-refractivity contribution in [3.8, 4) is 0 Å². The summed E-state index contributed by atoms with van der Waals surface area (Å²) in [6.07, 6.45) is -1.43. The molecular formula is C20H17ClF3N5O. The number of aryl methyl sites for hydroxylation is 1. The SMILES string of the molecule is Cc1cccc(N2NNC3=C2C=CN(C(=O)c2cccc(C(F)(F)F)c2Cl)C3C)n1. The van der Waals surface area contributed by atoms with Crippen LogP contribution in [0.5, 0.6) is 0 Å². The standard InChI is InChI=1S/C20H17ClF3N5O/c1-11-5-3-8-16(25-11)29-15-9-10-28(12(2)18(15)26-27-29)19(30)13-6-4-7-14(17(13)21)20(22,23)24/h3-10,12,26-27H,1-2H3. The third-order valence-corrected chi connectivity index (χ3v) is 5.33. The summed E-state index contributed by atoms with van der Waals surface area (Å²) in [7, 11) is 0. The van der Waals surface area contributed by atoms with Crippen molar-refractivity contribution in [1.82, 2.24) is 20.8 Å². The minimum absolute atomic E-state index is 0.213. The number of anilines is 1. The Morgan fingerprint density at radius 3 is 2.63 bits per heavy atom. The van der Waals surface area contributed by atoms with E-state index >= 15 is 0 Å². The molecule has 0 bridgehead atoms. The van der Waals surface area contributed by atoms with E-state index in [1.807, 2.05) is 25.1 Å². The van der Waals surface area contributed by atoms with Gasteiger partial charge in [0.15, 0.2) is 0 Å². The second-order valence-corrected chi connectivity index (χ2v) is 7.26. The molecule has 1 aromatic carbocycles. The molecule has 0 fully saturated rings. The number of nitrogens with zero attached hydrogens (tertiary/aromatic N) is 3. The van der Waals surface area contributed by atoms with E-state index in [4.69, 9.17) is 11.6 Å². The lowest BCUT2D eigenvalue weighted by Crippen LogP contribution is -2.42. The first-order valence-corrected chi connectivity index (χ1v) is 9.42. The molecule has 156 valence electrons. The van der Waals surface area contributed by atoms with Gasteiger partial charge in [-0.3, -0.25) is 4.79 Å². The number of amides is 1. The molecule has 2 aliphatic rings. The molecule has 4 rings (SSSR count). The number of pyridine rings is 1. The van der Waals surface area contributed by atoms with Gasteiger partial charge in [-0.25, -0.2) is 9.99 Å². The first kappa shape index (κ1) is 20.2. The molecule has 0 spiro atoms. The first-order valence-electron chi connectivity index (χ1n) is 9.04. The van der Waals surface area contributed by atoms with Crippen LogP contribution >= 0.6 is 11.6 Å². The number of aromatic nitrogens is 1. The van der Waals surface area contributed by atoms with Gasteiger partial charge in [0, 0.05) is 11.9 Å². The highest BCUT2D eigenvalue weighted by Crippen LogP contribution is 2.37. The molecule has 2 aliphatic heterocycles. The zero-order valence-corrected chi connectivity index (χ0v) is 16.7. The average Bonchev–Trinajstić information content (AvgIpc) is 3.12. The largest absolute Gasteiger partial charge is 0.417 e. The van der Waals surface area contributed by atoms with Crippen LogP contribution in [0.3, 0.4) is 0 Å². The van der Waals surface area contributed by atoms with Gasteiger partial charge in [0.25, 0.3) is 5.91 Å². The predicted octanol–water partition coefficient (Wildman–Crippen LogP) is 4.16. The molecule has 30 heavy (non-hydrogen) atoms. The van der Waals surface area contributed by atoms with Crippen molar-refractivity contribution in [3.05, 3.63) is 81.9 Å². The van der Waals surface area contributed by atoms with Crippen LogP contribution in [0, 0.1) is 6.92 Å². The summed E-state index contributed by atoms with van der Waals surface area (Å²) in [5.74, 6) is 0.0281. The molecule has 10 heteroatoms. The smallest absolute Gasteiger partial charge is 0.306 e. The Bertz CT molecular complexity index is 1080. The summed E-state index contributed by atoms with van der Waals surface area (Å²) in [5.41, 5.74) is 7.03. The number of rotatable bonds is 2. The number of carbonyl (C=O) groups excluding carboxylic acids is 1. The van der Waals surface area contributed by atoms with Gasteiger partial charge in [-0.05, 0) is 44.2 Å². The number of alkyl halides is 3. The van der Waals surface area contributed by atoms with E-state index in [0.717, 1.165) is 17.5 Å². The van der Waals surface area contributed by atoms with Crippen LogP contribution in [0.4, 0.5) is 19.0 Å². The van der Waals surface area contributed by atoms with Crippen LogP contribution < -0.4 is 16.0 Å². The maximum atomic E-state index is 13.2. The summed E-state index contributed by atoms with van der Waals surface area (Å²) in [6.45, 7) is 3.64. The van der Waals surface area contributed by atoms with Crippen LogP contribution in [-0.2, 0) is 6.18 Å². The van der Waals surface area contributed by atoms with E-state index in [2.05, 4.69) is 15.9 Å². The Balaban J connectivity index is 1.64. The number of allylic oxidation sites excluding steroid dienone is 1. The Kier molecular flexibility index (Phi) is 4.95. The summed E-state index contributed by atoms with van der Waals surface area (Å²) < 4.78 is 39.5. The van der Waals surface area contributed by atoms with Gasteiger partial charge >= 0.3 is 6.18 Å². The molecule has 1 amide bonds. The van der Waals surface area contributed by atoms with E-state index in [1.165, 1.54) is 23.2 Å². The highest BCUT2D eigenvalue weighted by atomic mass is 35.5. The van der Waals surface area contributed by atoms with Gasteiger partial charge in [-0.2, -0.15) is 13.2 Å². The maximum Gasteiger partial charge on any atom is 0.417 e. The van der Waals surface area contributed by atoms with Crippen molar-refractivity contribution in [3.63, 3.8) is 0 Å². The Hall–Kier alpha value is -3.04. The summed E-state index contributed by atoms with van der Waals surface area (Å²) >= 11 is 5.94. The Labute approximate surface area is 175 Å². The van der Waals surface area contributed by atoms with Gasteiger partial charge in [-0.15, -0.1) is 5.53 Å². The number of halogens is 4. The van der Waals surface area contributed by atoms with Gasteiger partial charge < -0.3 is 10.3 Å². The molecule has 2 aromatic rings. The Morgan fingerprint density at radius 1 is 1.20 bits per heavy atom. The normalized spacial score (nSPS) is 18.5. The number of carbonyl (C=O) groups is 1. The van der Waals surface area contributed by atoms with Crippen molar-refractivity contribution in [2.24, 2.45) is 0 Å². The fourth-order valence-corrected chi connectivity index (χ4v) is 3.71. The van der Waals surface area contributed by atoms with Gasteiger partial charge in [0.05, 0.1) is 33.6 Å². The predicted molar refractivity (Wildman–Crippen MR) is 106 cm³/mol. The van der Waals surface area contributed by atoms with E-state index < -0.39 is 28.7 Å². The van der Waals surface area contributed by atoms with Crippen LogP contribution in [0.25, 0.3) is 0 Å². The number of hydrogen-bond donors (Lipinski definition) is 2. The summed E-state index contributed by atoms with van der Waals surface area (Å²) in [6, 6.07) is 8.41. The third-order valence-electron chi connectivity index (χ3n) is 4.92. The van der Waals surface area contributed by atoms with Crippen LogP contribution in [0.1, 0.15) is 28.5 Å². The molecule has 2 N–H and O–H groups in total. The summed E-state index contributed by atoms with van der Waals surface area (Å²) in [4.78, 5) is 18.8. The van der Waals surface area contributed by atoms with E-state index in [1.54, 1.807) is 18.0 Å². The molecule has 1 atom stereocenters. The molecule has 3 heterocycles. The van der Waals surface area contributed by atoms with E-state index in [-0.39, 0.29) is 5.56 Å². The van der Waals surface area contributed by atoms with Crippen molar-refractivity contribution in [2.45, 2.75) is 26.1 Å². The minimum Gasteiger partial charge on any atom is -0.306 e. The highest BCUT2D eigenvalue weighted by Gasteiger charge is 2.37. The number of nitrogens with one attached hydrogen (secondary N) is 2. The van der Waals surface area contributed by atoms with Crippen LogP contribution in [0.15, 0.2) is 60.1 Å². The average molecular weight is 436 g/mol. The third kappa shape index (κ3) is 3.40. The lowest BCUT2D eigenvalue weighted by Gasteiger charge is -2.30. The fraction of sp³-hybridized carbons (Fsp3) is 0.200. The number of hydrazine groups is 2. The molecule has 0 radical (unpaired) electrons. The molecule has 1 unspecified atom stereocenters. The molecule has 0 aliphatic carbocycles. The van der Waals surface area contributed by atoms with Crippen LogP contribution in [0.2, 0.25) is 5.02 Å². The van der Waals surface area contributed by atoms with Crippen molar-refractivity contribution >= 4 is 23.3 Å². The van der Waals surface area contributed by atoms with Crippen molar-refractivity contribution in [2.75, 3.05) is 5.01 Å². The molecule has 0 saturated heterocycles. The fourth-order valence-electron chi connectivity index (χ4n) is 3.40. The molecule has 6 nitrogen and oxygen atoms in total. The van der Waals surface area contributed by atoms with E-state index in [9.17, 15) is 18.0 Å². The molecule has 0 saturated carbocycles. The highest BCUT2D eigenvalue weighted by molar-refractivity contribution is 6.34. The minimum atomic E-state index is -4.65. The monoisotopic (exact) mass is 435 g/mol. The Morgan fingerprint density at radius 2 is 1.93 bits per heavy atom. The zero-order chi connectivity index (χ0) is 21.6. The van der Waals surface area contributed by atoms with Crippen molar-refractivity contribution in [1.29, 1.82) is 0 Å². The number of hydrogen-bond acceptors (Lipinski definition) is 5. The lowest BCUT2D eigenvalue weighted by atomic mass is 10.0. The topological polar surface area (TPSA) is 60.5 Å². The van der Waals surface area contributed by atoms with E-state index in [0.29, 0.717) is 11.5 Å². The van der Waals surface area contributed by atoms with Gasteiger partial charge in [0.1, 0.15) is 5.82 Å².